The van der Waals surface area contributed by atoms with Gasteiger partial charge in [-0.3, -0.25) is 0 Å². The van der Waals surface area contributed by atoms with Crippen LogP contribution in [0.2, 0.25) is 0 Å². The lowest BCUT2D eigenvalue weighted by Gasteiger charge is -2.28. The summed E-state index contributed by atoms with van der Waals surface area (Å²) in [5.41, 5.74) is 1.30. The van der Waals surface area contributed by atoms with Gasteiger partial charge in [-0.15, -0.1) is 0 Å². The lowest BCUT2D eigenvalue weighted by molar-refractivity contribution is 0.270. The number of aromatic nitrogens is 2. The average Bonchev–Trinajstić information content (AvgIpc) is 3.21. The van der Waals surface area contributed by atoms with E-state index in [1.807, 2.05) is 0 Å². The fourth-order valence-electron chi connectivity index (χ4n) is 4.04. The molecule has 0 unspecified atom stereocenters. The van der Waals surface area contributed by atoms with Crippen LogP contribution >= 0.6 is 15.9 Å². The third-order valence-corrected chi connectivity index (χ3v) is 7.27. The van der Waals surface area contributed by atoms with Gasteiger partial charge in [0.05, 0.1) is 10.2 Å². The van der Waals surface area contributed by atoms with Crippen molar-refractivity contribution in [2.45, 2.75) is 44.9 Å². The quantitative estimate of drug-likeness (QED) is 0.241. The van der Waals surface area contributed by atoms with E-state index in [2.05, 4.69) is 36.7 Å². The zero-order chi connectivity index (χ0) is 23.1. The standard InChI is InChI=1S/C20H27BrFN5O4S/c21-16-10-15(7-8-17(16)22)11-18(25-28)19-20(27-31-26-19)24-12-14-5-3-13(4-6-14)2-1-9-32(23,29)30/h7-8,10,13-14,28H,1-6,9,11-12H2,(H,24,27)(H2,23,29,30). The molecule has 0 aliphatic heterocycles. The molecule has 2 aromatic rings. The van der Waals surface area contributed by atoms with Crippen LogP contribution in [0.1, 0.15) is 49.8 Å². The Labute approximate surface area is 194 Å². The molecule has 3 rings (SSSR count). The molecule has 176 valence electrons. The summed E-state index contributed by atoms with van der Waals surface area (Å²) in [7, 11) is -3.39. The van der Waals surface area contributed by atoms with E-state index in [-0.39, 0.29) is 23.7 Å². The second-order valence-electron chi connectivity index (χ2n) is 8.21. The van der Waals surface area contributed by atoms with Crippen LogP contribution in [0.4, 0.5) is 10.2 Å². The number of sulfonamides is 1. The summed E-state index contributed by atoms with van der Waals surface area (Å²) in [6.07, 6.45) is 5.85. The Kier molecular flexibility index (Phi) is 8.60. The van der Waals surface area contributed by atoms with Crippen molar-refractivity contribution in [1.82, 2.24) is 10.3 Å². The van der Waals surface area contributed by atoms with Gasteiger partial charge < -0.3 is 10.5 Å². The third-order valence-electron chi connectivity index (χ3n) is 5.80. The number of hydrogen-bond acceptors (Lipinski definition) is 8. The van der Waals surface area contributed by atoms with Crippen LogP contribution < -0.4 is 10.5 Å². The van der Waals surface area contributed by atoms with E-state index in [4.69, 9.17) is 9.77 Å². The maximum absolute atomic E-state index is 13.5. The maximum atomic E-state index is 13.5. The van der Waals surface area contributed by atoms with Crippen molar-refractivity contribution in [2.75, 3.05) is 17.6 Å². The zero-order valence-corrected chi connectivity index (χ0v) is 19.9. The van der Waals surface area contributed by atoms with E-state index in [1.165, 1.54) is 6.07 Å². The number of anilines is 1. The second kappa shape index (κ2) is 11.2. The highest BCUT2D eigenvalue weighted by atomic mass is 79.9. The normalized spacial score (nSPS) is 19.8. The zero-order valence-electron chi connectivity index (χ0n) is 17.5. The Hall–Kier alpha value is -2.05. The number of hydrogen-bond donors (Lipinski definition) is 3. The van der Waals surface area contributed by atoms with Gasteiger partial charge in [0.1, 0.15) is 11.5 Å². The average molecular weight is 532 g/mol. The topological polar surface area (TPSA) is 144 Å². The first-order valence-corrected chi connectivity index (χ1v) is 13.0. The molecule has 1 saturated carbocycles. The van der Waals surface area contributed by atoms with Gasteiger partial charge in [0.2, 0.25) is 10.0 Å². The van der Waals surface area contributed by atoms with Crippen LogP contribution in [0.15, 0.2) is 32.5 Å². The molecule has 12 heteroatoms. The maximum Gasteiger partial charge on any atom is 0.209 e. The summed E-state index contributed by atoms with van der Waals surface area (Å²) in [6, 6.07) is 4.55. The van der Waals surface area contributed by atoms with Crippen LogP contribution in [0.3, 0.4) is 0 Å². The lowest BCUT2D eigenvalue weighted by atomic mass is 9.80. The number of nitrogens with two attached hydrogens (primary N) is 1. The predicted octanol–water partition coefficient (Wildman–Crippen LogP) is 3.68. The fourth-order valence-corrected chi connectivity index (χ4v) is 5.04. The van der Waals surface area contributed by atoms with Crippen molar-refractivity contribution in [2.24, 2.45) is 22.1 Å². The molecule has 1 aliphatic rings. The number of rotatable bonds is 10. The van der Waals surface area contributed by atoms with Crippen LogP contribution in [-0.4, -0.2) is 41.9 Å². The highest BCUT2D eigenvalue weighted by Crippen LogP contribution is 2.32. The molecule has 1 aromatic heterocycles. The fraction of sp³-hybridized carbons (Fsp3) is 0.550. The summed E-state index contributed by atoms with van der Waals surface area (Å²) in [4.78, 5) is 0. The molecule has 0 bridgehead atoms. The van der Waals surface area contributed by atoms with Crippen molar-refractivity contribution < 1.29 is 22.6 Å². The van der Waals surface area contributed by atoms with Gasteiger partial charge in [-0.2, -0.15) is 0 Å². The summed E-state index contributed by atoms with van der Waals surface area (Å²) in [6.45, 7) is 0.673. The molecule has 0 saturated heterocycles. The van der Waals surface area contributed by atoms with Crippen molar-refractivity contribution >= 4 is 37.5 Å². The van der Waals surface area contributed by atoms with Gasteiger partial charge in [0.15, 0.2) is 11.5 Å². The van der Waals surface area contributed by atoms with Gasteiger partial charge in [-0.05, 0) is 81.5 Å². The highest BCUT2D eigenvalue weighted by molar-refractivity contribution is 9.10. The van der Waals surface area contributed by atoms with Crippen LogP contribution in [-0.2, 0) is 16.4 Å². The number of halogens is 2. The largest absolute Gasteiger partial charge is 0.411 e. The molecule has 9 nitrogen and oxygen atoms in total. The Morgan fingerprint density at radius 1 is 1.28 bits per heavy atom. The summed E-state index contributed by atoms with van der Waals surface area (Å²) < 4.78 is 40.8. The number of nitrogens with one attached hydrogen (secondary N) is 1. The molecule has 1 aliphatic carbocycles. The van der Waals surface area contributed by atoms with E-state index in [1.54, 1.807) is 12.1 Å². The molecule has 1 aromatic carbocycles. The van der Waals surface area contributed by atoms with Crippen molar-refractivity contribution in [3.05, 3.63) is 39.7 Å². The molecule has 1 heterocycles. The molecular weight excluding hydrogens is 505 g/mol. The predicted molar refractivity (Wildman–Crippen MR) is 122 cm³/mol. The van der Waals surface area contributed by atoms with Crippen molar-refractivity contribution in [3.63, 3.8) is 0 Å². The van der Waals surface area contributed by atoms with Crippen LogP contribution in [0, 0.1) is 17.7 Å². The van der Waals surface area contributed by atoms with Crippen molar-refractivity contribution in [3.8, 4) is 0 Å². The minimum Gasteiger partial charge on any atom is -0.411 e. The molecule has 0 radical (unpaired) electrons. The van der Waals surface area contributed by atoms with Crippen LogP contribution in [0.5, 0.6) is 0 Å². The number of nitrogens with zero attached hydrogens (tertiary/aromatic N) is 3. The number of oxime groups is 1. The Morgan fingerprint density at radius 2 is 2.00 bits per heavy atom. The van der Waals surface area contributed by atoms with E-state index in [0.717, 1.165) is 37.7 Å². The van der Waals surface area contributed by atoms with Gasteiger partial charge in [0, 0.05) is 13.0 Å². The Morgan fingerprint density at radius 3 is 2.66 bits per heavy atom. The first-order valence-electron chi connectivity index (χ1n) is 10.5. The first kappa shape index (κ1) is 24.6. The molecule has 0 spiro atoms. The molecule has 32 heavy (non-hydrogen) atoms. The van der Waals surface area contributed by atoms with E-state index in [9.17, 15) is 18.0 Å². The lowest BCUT2D eigenvalue weighted by Crippen LogP contribution is -2.23. The van der Waals surface area contributed by atoms with Crippen molar-refractivity contribution in [1.29, 1.82) is 0 Å². The van der Waals surface area contributed by atoms with Gasteiger partial charge in [-0.25, -0.2) is 22.6 Å². The highest BCUT2D eigenvalue weighted by Gasteiger charge is 2.23. The minimum absolute atomic E-state index is 0.0417. The van der Waals surface area contributed by atoms with Gasteiger partial charge in [-0.1, -0.05) is 24.1 Å². The molecule has 4 N–H and O–H groups in total. The van der Waals surface area contributed by atoms with E-state index >= 15 is 0 Å². The Bertz CT molecular complexity index is 1040. The SMILES string of the molecule is NS(=O)(=O)CCCC1CCC(CNc2nonc2C(Cc2ccc(F)c(Br)c2)=NO)CC1. The molecule has 0 atom stereocenters. The monoisotopic (exact) mass is 531 g/mol. The molecule has 1 fully saturated rings. The van der Waals surface area contributed by atoms with Crippen LogP contribution in [0.25, 0.3) is 0 Å². The smallest absolute Gasteiger partial charge is 0.209 e. The van der Waals surface area contributed by atoms with E-state index < -0.39 is 10.0 Å². The van der Waals surface area contributed by atoms with Gasteiger partial charge >= 0.3 is 0 Å². The minimum atomic E-state index is -3.39. The number of benzene rings is 1. The van der Waals surface area contributed by atoms with Gasteiger partial charge in [0.25, 0.3) is 0 Å². The molecule has 0 amide bonds. The summed E-state index contributed by atoms with van der Waals surface area (Å²) in [5.74, 6) is 1.03. The number of primary sulfonamides is 1. The summed E-state index contributed by atoms with van der Waals surface area (Å²) >= 11 is 3.15. The van der Waals surface area contributed by atoms with E-state index in [0.29, 0.717) is 40.8 Å². The molecular formula is C20H27BrFN5O4S. The Balaban J connectivity index is 1.50. The third kappa shape index (κ3) is 7.24. The summed E-state index contributed by atoms with van der Waals surface area (Å²) in [5, 5.41) is 28.9. The second-order valence-corrected chi connectivity index (χ2v) is 10.8. The first-order chi connectivity index (χ1) is 15.2.